The lowest BCUT2D eigenvalue weighted by molar-refractivity contribution is 0.0368. The van der Waals surface area contributed by atoms with Crippen LogP contribution in [0.3, 0.4) is 0 Å². The second kappa shape index (κ2) is 6.92. The lowest BCUT2D eigenvalue weighted by Gasteiger charge is -2.36. The lowest BCUT2D eigenvalue weighted by Crippen LogP contribution is -2.44. The normalized spacial score (nSPS) is 19.7. The van der Waals surface area contributed by atoms with Gasteiger partial charge in [0.1, 0.15) is 0 Å². The van der Waals surface area contributed by atoms with E-state index in [-0.39, 0.29) is 6.10 Å². The van der Waals surface area contributed by atoms with Crippen molar-refractivity contribution in [3.8, 4) is 0 Å². The zero-order valence-electron chi connectivity index (χ0n) is 12.2. The Hall–Kier alpha value is -1.06. The number of hydrogen-bond donors (Lipinski definition) is 1. The topological polar surface area (TPSA) is 38.5 Å². The van der Waals surface area contributed by atoms with Crippen LogP contribution in [0.25, 0.3) is 0 Å². The summed E-state index contributed by atoms with van der Waals surface area (Å²) in [5.41, 5.74) is 10.0. The van der Waals surface area contributed by atoms with Gasteiger partial charge >= 0.3 is 0 Å². The Bertz CT molecular complexity index is 381. The van der Waals surface area contributed by atoms with Crippen LogP contribution in [0.4, 0.5) is 5.69 Å². The number of aryl methyl sites for hydroxylation is 2. The Balaban J connectivity index is 2.24. The van der Waals surface area contributed by atoms with Crippen LogP contribution < -0.4 is 10.6 Å². The number of anilines is 1. The number of para-hydroxylation sites is 1. The van der Waals surface area contributed by atoms with E-state index in [0.29, 0.717) is 6.54 Å². The molecule has 1 unspecified atom stereocenters. The first-order valence-corrected chi connectivity index (χ1v) is 7.47. The van der Waals surface area contributed by atoms with Crippen molar-refractivity contribution in [2.45, 2.75) is 39.2 Å². The third kappa shape index (κ3) is 3.28. The minimum atomic E-state index is 0.286. The molecule has 0 spiro atoms. The van der Waals surface area contributed by atoms with E-state index in [1.165, 1.54) is 16.8 Å². The number of morpholine rings is 1. The zero-order valence-corrected chi connectivity index (χ0v) is 12.2. The van der Waals surface area contributed by atoms with Gasteiger partial charge in [0.15, 0.2) is 0 Å². The average molecular weight is 262 g/mol. The summed E-state index contributed by atoms with van der Waals surface area (Å²) in [4.78, 5) is 2.50. The molecule has 0 saturated carbocycles. The number of rotatable bonds is 5. The van der Waals surface area contributed by atoms with Gasteiger partial charge in [0.25, 0.3) is 0 Å². The van der Waals surface area contributed by atoms with Gasteiger partial charge in [-0.25, -0.2) is 0 Å². The minimum Gasteiger partial charge on any atom is -0.374 e. The van der Waals surface area contributed by atoms with Crippen LogP contribution in [-0.4, -0.2) is 32.3 Å². The Morgan fingerprint density at radius 2 is 1.95 bits per heavy atom. The molecule has 0 aromatic heterocycles. The maximum atomic E-state index is 5.80. The van der Waals surface area contributed by atoms with Crippen molar-refractivity contribution in [1.82, 2.24) is 0 Å². The molecule has 1 atom stereocenters. The fourth-order valence-corrected chi connectivity index (χ4v) is 2.90. The van der Waals surface area contributed by atoms with E-state index in [1.54, 1.807) is 0 Å². The summed E-state index contributed by atoms with van der Waals surface area (Å²) in [5, 5.41) is 0. The van der Waals surface area contributed by atoms with Crippen LogP contribution in [-0.2, 0) is 17.6 Å². The summed E-state index contributed by atoms with van der Waals surface area (Å²) in [7, 11) is 0. The molecule has 0 amide bonds. The summed E-state index contributed by atoms with van der Waals surface area (Å²) in [5.74, 6) is 0. The van der Waals surface area contributed by atoms with Crippen LogP contribution in [0, 0.1) is 0 Å². The van der Waals surface area contributed by atoms with Crippen molar-refractivity contribution >= 4 is 5.69 Å². The smallest absolute Gasteiger partial charge is 0.0762 e. The molecule has 3 nitrogen and oxygen atoms in total. The predicted molar refractivity (Wildman–Crippen MR) is 80.8 cm³/mol. The molecule has 2 rings (SSSR count). The molecule has 0 bridgehead atoms. The molecular weight excluding hydrogens is 236 g/mol. The SMILES string of the molecule is CCc1cccc(CC)c1N1CCOC(CCN)C1. The van der Waals surface area contributed by atoms with E-state index >= 15 is 0 Å². The van der Waals surface area contributed by atoms with Crippen molar-refractivity contribution in [2.24, 2.45) is 5.73 Å². The van der Waals surface area contributed by atoms with Gasteiger partial charge in [0.2, 0.25) is 0 Å². The number of benzene rings is 1. The van der Waals surface area contributed by atoms with Crippen LogP contribution in [0.1, 0.15) is 31.4 Å². The van der Waals surface area contributed by atoms with Gasteiger partial charge in [-0.15, -0.1) is 0 Å². The van der Waals surface area contributed by atoms with Gasteiger partial charge < -0.3 is 15.4 Å². The maximum Gasteiger partial charge on any atom is 0.0762 e. The molecule has 1 fully saturated rings. The van der Waals surface area contributed by atoms with Crippen LogP contribution in [0.15, 0.2) is 18.2 Å². The van der Waals surface area contributed by atoms with E-state index in [0.717, 1.165) is 39.0 Å². The van der Waals surface area contributed by atoms with E-state index < -0.39 is 0 Å². The highest BCUT2D eigenvalue weighted by Gasteiger charge is 2.22. The Morgan fingerprint density at radius 1 is 1.26 bits per heavy atom. The largest absolute Gasteiger partial charge is 0.374 e. The molecule has 1 aliphatic rings. The van der Waals surface area contributed by atoms with E-state index in [4.69, 9.17) is 10.5 Å². The third-order valence-corrected chi connectivity index (χ3v) is 3.91. The Morgan fingerprint density at radius 3 is 2.53 bits per heavy atom. The molecule has 1 heterocycles. The lowest BCUT2D eigenvalue weighted by atomic mass is 10.0. The summed E-state index contributed by atoms with van der Waals surface area (Å²) >= 11 is 0. The minimum absolute atomic E-state index is 0.286. The van der Waals surface area contributed by atoms with Crippen LogP contribution in [0.2, 0.25) is 0 Å². The standard InChI is InChI=1S/C16H26N2O/c1-3-13-6-5-7-14(4-2)16(13)18-10-11-19-15(12-18)8-9-17/h5-7,15H,3-4,8-12,17H2,1-2H3. The van der Waals surface area contributed by atoms with E-state index in [9.17, 15) is 0 Å². The highest BCUT2D eigenvalue weighted by Crippen LogP contribution is 2.28. The van der Waals surface area contributed by atoms with Crippen molar-refractivity contribution < 1.29 is 4.74 Å². The predicted octanol–water partition coefficient (Wildman–Crippen LogP) is 2.37. The summed E-state index contributed by atoms with van der Waals surface area (Å²) in [6.45, 7) is 7.94. The molecule has 1 aromatic rings. The highest BCUT2D eigenvalue weighted by atomic mass is 16.5. The van der Waals surface area contributed by atoms with Gasteiger partial charge in [-0.05, 0) is 36.9 Å². The first-order valence-electron chi connectivity index (χ1n) is 7.47. The van der Waals surface area contributed by atoms with Crippen molar-refractivity contribution in [2.75, 3.05) is 31.1 Å². The number of nitrogens with two attached hydrogens (primary N) is 1. The van der Waals surface area contributed by atoms with E-state index in [2.05, 4.69) is 36.9 Å². The molecule has 19 heavy (non-hydrogen) atoms. The molecule has 1 saturated heterocycles. The third-order valence-electron chi connectivity index (χ3n) is 3.91. The quantitative estimate of drug-likeness (QED) is 0.885. The summed E-state index contributed by atoms with van der Waals surface area (Å²) < 4.78 is 5.80. The van der Waals surface area contributed by atoms with Gasteiger partial charge in [-0.2, -0.15) is 0 Å². The van der Waals surface area contributed by atoms with Gasteiger partial charge in [0.05, 0.1) is 12.7 Å². The van der Waals surface area contributed by atoms with Gasteiger partial charge in [-0.3, -0.25) is 0 Å². The monoisotopic (exact) mass is 262 g/mol. The molecule has 1 aromatic carbocycles. The molecule has 106 valence electrons. The highest BCUT2D eigenvalue weighted by molar-refractivity contribution is 5.60. The van der Waals surface area contributed by atoms with E-state index in [1.807, 2.05) is 0 Å². The fraction of sp³-hybridized carbons (Fsp3) is 0.625. The fourth-order valence-electron chi connectivity index (χ4n) is 2.90. The maximum absolute atomic E-state index is 5.80. The molecule has 0 radical (unpaired) electrons. The van der Waals surface area contributed by atoms with Crippen molar-refractivity contribution in [3.63, 3.8) is 0 Å². The molecule has 2 N–H and O–H groups in total. The molecule has 1 aliphatic heterocycles. The first kappa shape index (κ1) is 14.4. The van der Waals surface area contributed by atoms with Crippen molar-refractivity contribution in [3.05, 3.63) is 29.3 Å². The van der Waals surface area contributed by atoms with Gasteiger partial charge in [-0.1, -0.05) is 32.0 Å². The number of ether oxygens (including phenoxy) is 1. The second-order valence-corrected chi connectivity index (χ2v) is 5.15. The molecule has 0 aliphatic carbocycles. The molecular formula is C16H26N2O. The first-order chi connectivity index (χ1) is 9.30. The summed E-state index contributed by atoms with van der Waals surface area (Å²) in [6.07, 6.45) is 3.41. The summed E-state index contributed by atoms with van der Waals surface area (Å²) in [6, 6.07) is 6.68. The Kier molecular flexibility index (Phi) is 5.23. The van der Waals surface area contributed by atoms with Crippen LogP contribution in [0.5, 0.6) is 0 Å². The van der Waals surface area contributed by atoms with Crippen LogP contribution >= 0.6 is 0 Å². The van der Waals surface area contributed by atoms with Gasteiger partial charge in [0, 0.05) is 18.8 Å². The number of hydrogen-bond acceptors (Lipinski definition) is 3. The molecule has 3 heteroatoms. The average Bonchev–Trinajstić information content (AvgIpc) is 2.47. The Labute approximate surface area is 116 Å². The number of nitrogens with zero attached hydrogens (tertiary/aromatic N) is 1. The second-order valence-electron chi connectivity index (χ2n) is 5.15. The zero-order chi connectivity index (χ0) is 13.7. The van der Waals surface area contributed by atoms with Crippen molar-refractivity contribution in [1.29, 1.82) is 0 Å².